The van der Waals surface area contributed by atoms with E-state index in [1.807, 2.05) is 60.7 Å². The van der Waals surface area contributed by atoms with Crippen molar-refractivity contribution in [2.24, 2.45) is 0 Å². The molecular weight excluding hydrogens is 444 g/mol. The van der Waals surface area contributed by atoms with E-state index in [9.17, 15) is 9.59 Å². The number of Topliss-reactive ketones (excluding diaryl/α,β-unsaturated/α-hetero) is 1. The van der Waals surface area contributed by atoms with Gasteiger partial charge in [-0.3, -0.25) is 4.79 Å². The Kier molecular flexibility index (Phi) is 8.84. The number of carbonyl (C=O) groups excluding carboxylic acids is 2. The quantitative estimate of drug-likeness (QED) is 0.128. The lowest BCUT2D eigenvalue weighted by atomic mass is 9.93. The Morgan fingerprint density at radius 3 is 1.86 bits per heavy atom. The van der Waals surface area contributed by atoms with Crippen LogP contribution in [0.5, 0.6) is 17.2 Å². The largest absolute Gasteiger partial charge is 0.496 e. The first kappa shape index (κ1) is 25.3. The summed E-state index contributed by atoms with van der Waals surface area (Å²) in [5.74, 6) is 0.0350. The molecule has 0 aliphatic rings. The van der Waals surface area contributed by atoms with Crippen LogP contribution in [0.15, 0.2) is 78.4 Å². The minimum atomic E-state index is -0.743. The fraction of sp³-hybridized carbons (Fsp3) is 0.172. The number of ketones is 1. The predicted molar refractivity (Wildman–Crippen MR) is 136 cm³/mol. The Morgan fingerprint density at radius 1 is 0.771 bits per heavy atom. The highest BCUT2D eigenvalue weighted by Crippen LogP contribution is 2.36. The van der Waals surface area contributed by atoms with Crippen molar-refractivity contribution < 1.29 is 28.5 Å². The molecule has 0 amide bonds. The van der Waals surface area contributed by atoms with E-state index in [2.05, 4.69) is 0 Å². The normalized spacial score (nSPS) is 11.5. The van der Waals surface area contributed by atoms with Crippen LogP contribution in [0.25, 0.3) is 17.7 Å². The van der Waals surface area contributed by atoms with Crippen molar-refractivity contribution in [3.8, 4) is 17.2 Å². The second-order valence-corrected chi connectivity index (χ2v) is 7.39. The topological polar surface area (TPSA) is 71.1 Å². The summed E-state index contributed by atoms with van der Waals surface area (Å²) in [6, 6.07) is 21.9. The Morgan fingerprint density at radius 2 is 1.34 bits per heavy atom. The van der Waals surface area contributed by atoms with Crippen LogP contribution < -0.4 is 14.2 Å². The molecule has 0 fully saturated rings. The van der Waals surface area contributed by atoms with Gasteiger partial charge in [0.1, 0.15) is 22.8 Å². The minimum absolute atomic E-state index is 0.114. The van der Waals surface area contributed by atoms with Crippen LogP contribution in [0.1, 0.15) is 23.6 Å². The number of esters is 1. The Hall–Kier alpha value is -4.32. The maximum atomic E-state index is 13.9. The lowest BCUT2D eigenvalue weighted by Gasteiger charge is -2.15. The highest BCUT2D eigenvalue weighted by Gasteiger charge is 2.26. The second kappa shape index (κ2) is 12.2. The third kappa shape index (κ3) is 6.18. The standard InChI is InChI=1S/C29H28O6/c1-5-35-29(31)25(19-24-26(33-3)17-22(32-2)18-27(24)34-4)28(30)23(21-14-10-7-11-15-21)16-20-12-8-6-9-13-20/h6-19H,5H2,1-4H3/b23-16+,25-19-. The van der Waals surface area contributed by atoms with Crippen LogP contribution in [0.4, 0.5) is 0 Å². The third-order valence-electron chi connectivity index (χ3n) is 5.22. The van der Waals surface area contributed by atoms with E-state index in [0.29, 0.717) is 33.9 Å². The van der Waals surface area contributed by atoms with Crippen LogP contribution >= 0.6 is 0 Å². The number of rotatable bonds is 10. The zero-order valence-corrected chi connectivity index (χ0v) is 20.2. The van der Waals surface area contributed by atoms with Crippen LogP contribution in [-0.4, -0.2) is 39.7 Å². The molecule has 3 rings (SSSR count). The minimum Gasteiger partial charge on any atom is -0.496 e. The lowest BCUT2D eigenvalue weighted by molar-refractivity contribution is -0.139. The summed E-state index contributed by atoms with van der Waals surface area (Å²) in [6.45, 7) is 1.80. The molecule has 0 saturated heterocycles. The SMILES string of the molecule is CCOC(=O)/C(=C\c1c(OC)cc(OC)cc1OC)C(=O)/C(=C/c1ccccc1)c1ccccc1. The molecule has 0 bridgehead atoms. The van der Waals surface area contributed by atoms with Crippen molar-refractivity contribution in [2.75, 3.05) is 27.9 Å². The molecule has 0 aliphatic carbocycles. The van der Waals surface area contributed by atoms with Crippen molar-refractivity contribution in [3.63, 3.8) is 0 Å². The molecule has 0 atom stereocenters. The van der Waals surface area contributed by atoms with Gasteiger partial charge in [0.2, 0.25) is 5.78 Å². The summed E-state index contributed by atoms with van der Waals surface area (Å²) < 4.78 is 21.6. The van der Waals surface area contributed by atoms with Gasteiger partial charge in [-0.15, -0.1) is 0 Å². The van der Waals surface area contributed by atoms with E-state index in [0.717, 1.165) is 5.56 Å². The molecule has 0 saturated carbocycles. The molecule has 0 unspecified atom stereocenters. The Balaban J connectivity index is 2.24. The summed E-state index contributed by atoms with van der Waals surface area (Å²) in [7, 11) is 4.50. The number of carbonyl (C=O) groups is 2. The van der Waals surface area contributed by atoms with Gasteiger partial charge in [0.15, 0.2) is 0 Å². The predicted octanol–water partition coefficient (Wildman–Crippen LogP) is 5.47. The molecule has 0 aliphatic heterocycles. The van der Waals surface area contributed by atoms with Crippen molar-refractivity contribution >= 4 is 29.5 Å². The van der Waals surface area contributed by atoms with Crippen molar-refractivity contribution in [1.29, 1.82) is 0 Å². The highest BCUT2D eigenvalue weighted by molar-refractivity contribution is 6.41. The van der Waals surface area contributed by atoms with Gasteiger partial charge in [0.05, 0.1) is 33.5 Å². The van der Waals surface area contributed by atoms with Gasteiger partial charge in [-0.25, -0.2) is 4.79 Å². The first-order valence-electron chi connectivity index (χ1n) is 11.1. The average molecular weight is 473 g/mol. The molecule has 0 spiro atoms. The summed E-state index contributed by atoms with van der Waals surface area (Å²) in [4.78, 5) is 27.0. The van der Waals surface area contributed by atoms with Crippen LogP contribution in [0.3, 0.4) is 0 Å². The van der Waals surface area contributed by atoms with E-state index in [1.54, 1.807) is 25.1 Å². The molecule has 0 radical (unpaired) electrons. The molecule has 3 aromatic carbocycles. The van der Waals surface area contributed by atoms with E-state index in [-0.39, 0.29) is 12.2 Å². The van der Waals surface area contributed by atoms with E-state index in [4.69, 9.17) is 18.9 Å². The molecule has 0 heterocycles. The molecular formula is C29H28O6. The second-order valence-electron chi connectivity index (χ2n) is 7.39. The summed E-state index contributed by atoms with van der Waals surface area (Å²) in [5, 5.41) is 0. The van der Waals surface area contributed by atoms with Gasteiger partial charge in [-0.05, 0) is 30.2 Å². The van der Waals surface area contributed by atoms with Gasteiger partial charge < -0.3 is 18.9 Å². The molecule has 35 heavy (non-hydrogen) atoms. The smallest absolute Gasteiger partial charge is 0.342 e. The molecule has 6 nitrogen and oxygen atoms in total. The van der Waals surface area contributed by atoms with Gasteiger partial charge in [-0.2, -0.15) is 0 Å². The van der Waals surface area contributed by atoms with E-state index >= 15 is 0 Å². The zero-order valence-electron chi connectivity index (χ0n) is 20.2. The number of methoxy groups -OCH3 is 3. The third-order valence-corrected chi connectivity index (χ3v) is 5.22. The number of hydrogen-bond donors (Lipinski definition) is 0. The average Bonchev–Trinajstić information content (AvgIpc) is 2.90. The number of benzene rings is 3. The summed E-state index contributed by atoms with van der Waals surface area (Å²) in [6.07, 6.45) is 3.20. The Bertz CT molecular complexity index is 1200. The van der Waals surface area contributed by atoms with E-state index in [1.165, 1.54) is 27.4 Å². The highest BCUT2D eigenvalue weighted by atomic mass is 16.5. The van der Waals surface area contributed by atoms with Gasteiger partial charge >= 0.3 is 5.97 Å². The van der Waals surface area contributed by atoms with Crippen LogP contribution in [-0.2, 0) is 14.3 Å². The van der Waals surface area contributed by atoms with Gasteiger partial charge in [0, 0.05) is 17.7 Å². The first-order chi connectivity index (χ1) is 17.0. The first-order valence-corrected chi connectivity index (χ1v) is 11.1. The molecule has 0 aromatic heterocycles. The van der Waals surface area contributed by atoms with Crippen molar-refractivity contribution in [3.05, 3.63) is 95.1 Å². The maximum Gasteiger partial charge on any atom is 0.342 e. The van der Waals surface area contributed by atoms with Crippen LogP contribution in [0, 0.1) is 0 Å². The van der Waals surface area contributed by atoms with Crippen LogP contribution in [0.2, 0.25) is 0 Å². The summed E-state index contributed by atoms with van der Waals surface area (Å²) >= 11 is 0. The molecule has 3 aromatic rings. The fourth-order valence-corrected chi connectivity index (χ4v) is 3.50. The van der Waals surface area contributed by atoms with Gasteiger partial charge in [-0.1, -0.05) is 60.7 Å². The zero-order chi connectivity index (χ0) is 25.2. The molecule has 0 N–H and O–H groups in total. The van der Waals surface area contributed by atoms with Gasteiger partial charge in [0.25, 0.3) is 0 Å². The number of ether oxygens (including phenoxy) is 4. The number of allylic oxidation sites excluding steroid dienone is 1. The molecule has 180 valence electrons. The van der Waals surface area contributed by atoms with Crippen molar-refractivity contribution in [2.45, 2.75) is 6.92 Å². The Labute approximate surface area is 205 Å². The maximum absolute atomic E-state index is 13.9. The lowest BCUT2D eigenvalue weighted by Crippen LogP contribution is -2.17. The number of hydrogen-bond acceptors (Lipinski definition) is 6. The monoisotopic (exact) mass is 472 g/mol. The molecule has 6 heteroatoms. The summed E-state index contributed by atoms with van der Waals surface area (Å²) in [5.41, 5.74) is 2.11. The fourth-order valence-electron chi connectivity index (χ4n) is 3.50. The van der Waals surface area contributed by atoms with Crippen molar-refractivity contribution in [1.82, 2.24) is 0 Å². The van der Waals surface area contributed by atoms with E-state index < -0.39 is 11.8 Å².